The van der Waals surface area contributed by atoms with Crippen LogP contribution in [0.15, 0.2) is 0 Å². The molecule has 1 aliphatic heterocycles. The van der Waals surface area contributed by atoms with Crippen LogP contribution in [0, 0.1) is 11.3 Å². The average molecular weight is 254 g/mol. The molecule has 1 heterocycles. The van der Waals surface area contributed by atoms with Crippen molar-refractivity contribution in [3.8, 4) is 0 Å². The zero-order valence-corrected chi connectivity index (χ0v) is 12.9. The van der Waals surface area contributed by atoms with Crippen LogP contribution in [0.5, 0.6) is 0 Å². The van der Waals surface area contributed by atoms with Crippen molar-refractivity contribution in [2.24, 2.45) is 11.3 Å². The van der Waals surface area contributed by atoms with Crippen LogP contribution in [0.25, 0.3) is 0 Å². The fourth-order valence-electron chi connectivity index (χ4n) is 2.75. The Balaban J connectivity index is 1.89. The predicted molar refractivity (Wildman–Crippen MR) is 81.0 cm³/mol. The third kappa shape index (κ3) is 7.38. The van der Waals surface area contributed by atoms with Crippen LogP contribution in [0.4, 0.5) is 0 Å². The molecule has 1 saturated heterocycles. The second kappa shape index (κ2) is 8.92. The molecule has 2 N–H and O–H groups in total. The number of rotatable bonds is 9. The largest absolute Gasteiger partial charge is 0.317 e. The highest BCUT2D eigenvalue weighted by molar-refractivity contribution is 4.82. The smallest absolute Gasteiger partial charge is 0.000611 e. The standard InChI is InChI=1S/C16H34N2/c1-15(2)8-6-4-5-7-11-18-14-16(3)9-12-17-13-10-16/h15,17-18H,4-14H2,1-3H3. The van der Waals surface area contributed by atoms with Crippen molar-refractivity contribution in [1.82, 2.24) is 10.6 Å². The van der Waals surface area contributed by atoms with Crippen molar-refractivity contribution in [1.29, 1.82) is 0 Å². The van der Waals surface area contributed by atoms with Crippen molar-refractivity contribution in [3.05, 3.63) is 0 Å². The normalized spacial score (nSPS) is 19.3. The van der Waals surface area contributed by atoms with Crippen molar-refractivity contribution in [2.45, 2.75) is 65.7 Å². The molecule has 0 aromatic carbocycles. The molecule has 1 aliphatic rings. The van der Waals surface area contributed by atoms with Gasteiger partial charge in [-0.25, -0.2) is 0 Å². The Morgan fingerprint density at radius 3 is 2.39 bits per heavy atom. The third-order valence-corrected chi connectivity index (χ3v) is 4.25. The van der Waals surface area contributed by atoms with E-state index in [9.17, 15) is 0 Å². The first-order chi connectivity index (χ1) is 8.62. The zero-order chi connectivity index (χ0) is 13.3. The number of unbranched alkanes of at least 4 members (excludes halogenated alkanes) is 3. The van der Waals surface area contributed by atoms with Gasteiger partial charge in [0.15, 0.2) is 0 Å². The van der Waals surface area contributed by atoms with Crippen LogP contribution >= 0.6 is 0 Å². The highest BCUT2D eigenvalue weighted by atomic mass is 14.9. The number of nitrogens with one attached hydrogen (secondary N) is 2. The molecular weight excluding hydrogens is 220 g/mol. The minimum Gasteiger partial charge on any atom is -0.317 e. The highest BCUT2D eigenvalue weighted by Crippen LogP contribution is 2.26. The van der Waals surface area contributed by atoms with E-state index in [1.807, 2.05) is 0 Å². The summed E-state index contributed by atoms with van der Waals surface area (Å²) in [4.78, 5) is 0. The van der Waals surface area contributed by atoms with Gasteiger partial charge in [0.05, 0.1) is 0 Å². The lowest BCUT2D eigenvalue weighted by molar-refractivity contribution is 0.220. The third-order valence-electron chi connectivity index (χ3n) is 4.25. The molecule has 1 fully saturated rings. The van der Waals surface area contributed by atoms with Gasteiger partial charge in [-0.15, -0.1) is 0 Å². The molecule has 2 nitrogen and oxygen atoms in total. The van der Waals surface area contributed by atoms with Crippen LogP contribution < -0.4 is 10.6 Å². The van der Waals surface area contributed by atoms with Gasteiger partial charge in [-0.1, -0.05) is 46.5 Å². The summed E-state index contributed by atoms with van der Waals surface area (Å²) in [7, 11) is 0. The van der Waals surface area contributed by atoms with E-state index >= 15 is 0 Å². The Kier molecular flexibility index (Phi) is 7.92. The molecule has 0 unspecified atom stereocenters. The predicted octanol–water partition coefficient (Wildman–Crippen LogP) is 3.57. The molecule has 0 aromatic heterocycles. The van der Waals surface area contributed by atoms with Gasteiger partial charge in [-0.05, 0) is 50.2 Å². The molecule has 18 heavy (non-hydrogen) atoms. The number of piperidine rings is 1. The Morgan fingerprint density at radius 2 is 1.72 bits per heavy atom. The topological polar surface area (TPSA) is 24.1 Å². The Morgan fingerprint density at radius 1 is 1.06 bits per heavy atom. The quantitative estimate of drug-likeness (QED) is 0.615. The Labute approximate surface area is 114 Å². The van der Waals surface area contributed by atoms with Crippen LogP contribution in [0.1, 0.15) is 65.7 Å². The fourth-order valence-corrected chi connectivity index (χ4v) is 2.75. The SMILES string of the molecule is CC(C)CCCCCCNCC1(C)CCNCC1. The molecule has 0 saturated carbocycles. The van der Waals surface area contributed by atoms with Gasteiger partial charge in [0, 0.05) is 6.54 Å². The molecule has 0 bridgehead atoms. The van der Waals surface area contributed by atoms with Crippen LogP contribution in [0.2, 0.25) is 0 Å². The van der Waals surface area contributed by atoms with E-state index in [2.05, 4.69) is 31.4 Å². The van der Waals surface area contributed by atoms with Gasteiger partial charge in [0.1, 0.15) is 0 Å². The minimum absolute atomic E-state index is 0.545. The first-order valence-electron chi connectivity index (χ1n) is 8.04. The highest BCUT2D eigenvalue weighted by Gasteiger charge is 2.25. The number of hydrogen-bond donors (Lipinski definition) is 2. The summed E-state index contributed by atoms with van der Waals surface area (Å²) in [5, 5.41) is 7.11. The average Bonchev–Trinajstić information content (AvgIpc) is 2.33. The molecule has 2 heteroatoms. The van der Waals surface area contributed by atoms with Crippen molar-refractivity contribution in [3.63, 3.8) is 0 Å². The molecule has 1 rings (SSSR count). The molecular formula is C16H34N2. The van der Waals surface area contributed by atoms with Crippen molar-refractivity contribution in [2.75, 3.05) is 26.2 Å². The van der Waals surface area contributed by atoms with Gasteiger partial charge in [0.25, 0.3) is 0 Å². The molecule has 0 atom stereocenters. The first-order valence-corrected chi connectivity index (χ1v) is 8.04. The zero-order valence-electron chi connectivity index (χ0n) is 12.9. The van der Waals surface area contributed by atoms with Gasteiger partial charge in [0.2, 0.25) is 0 Å². The Hall–Kier alpha value is -0.0800. The lowest BCUT2D eigenvalue weighted by Crippen LogP contribution is -2.41. The molecule has 0 spiro atoms. The summed E-state index contributed by atoms with van der Waals surface area (Å²) in [5.74, 6) is 0.878. The maximum Gasteiger partial charge on any atom is 0.000611 e. The minimum atomic E-state index is 0.545. The lowest BCUT2D eigenvalue weighted by atomic mass is 9.81. The summed E-state index contributed by atoms with van der Waals surface area (Å²) in [6, 6.07) is 0. The van der Waals surface area contributed by atoms with Crippen molar-refractivity contribution < 1.29 is 0 Å². The van der Waals surface area contributed by atoms with Gasteiger partial charge < -0.3 is 10.6 Å². The molecule has 108 valence electrons. The van der Waals surface area contributed by atoms with E-state index in [1.165, 1.54) is 71.1 Å². The summed E-state index contributed by atoms with van der Waals surface area (Å²) in [6.45, 7) is 11.9. The van der Waals surface area contributed by atoms with E-state index in [0.29, 0.717) is 5.41 Å². The first kappa shape index (κ1) is 16.0. The summed E-state index contributed by atoms with van der Waals surface area (Å²) >= 11 is 0. The fraction of sp³-hybridized carbons (Fsp3) is 1.00. The molecule has 0 amide bonds. The molecule has 0 aromatic rings. The van der Waals surface area contributed by atoms with E-state index in [-0.39, 0.29) is 0 Å². The van der Waals surface area contributed by atoms with Gasteiger partial charge >= 0.3 is 0 Å². The van der Waals surface area contributed by atoms with E-state index in [4.69, 9.17) is 0 Å². The van der Waals surface area contributed by atoms with E-state index in [0.717, 1.165) is 5.92 Å². The van der Waals surface area contributed by atoms with E-state index in [1.54, 1.807) is 0 Å². The monoisotopic (exact) mass is 254 g/mol. The van der Waals surface area contributed by atoms with E-state index < -0.39 is 0 Å². The summed E-state index contributed by atoms with van der Waals surface area (Å²) in [6.07, 6.45) is 9.65. The summed E-state index contributed by atoms with van der Waals surface area (Å²) in [5.41, 5.74) is 0.545. The van der Waals surface area contributed by atoms with Crippen LogP contribution in [-0.2, 0) is 0 Å². The van der Waals surface area contributed by atoms with Gasteiger partial charge in [-0.3, -0.25) is 0 Å². The second-order valence-electron chi connectivity index (χ2n) is 6.83. The molecule has 0 radical (unpaired) electrons. The number of hydrogen-bond acceptors (Lipinski definition) is 2. The maximum atomic E-state index is 3.67. The van der Waals surface area contributed by atoms with Crippen LogP contribution in [0.3, 0.4) is 0 Å². The van der Waals surface area contributed by atoms with Gasteiger partial charge in [-0.2, -0.15) is 0 Å². The Bertz CT molecular complexity index is 195. The maximum absolute atomic E-state index is 3.67. The van der Waals surface area contributed by atoms with Crippen molar-refractivity contribution >= 4 is 0 Å². The summed E-state index contributed by atoms with van der Waals surface area (Å²) < 4.78 is 0. The second-order valence-corrected chi connectivity index (χ2v) is 6.83. The molecule has 0 aliphatic carbocycles. The lowest BCUT2D eigenvalue weighted by Gasteiger charge is -2.34. The van der Waals surface area contributed by atoms with Crippen LogP contribution in [-0.4, -0.2) is 26.2 Å².